The van der Waals surface area contributed by atoms with Crippen LogP contribution in [0.25, 0.3) is 21.7 Å². The normalized spacial score (nSPS) is 10.8. The molecule has 1 heterocycles. The molecule has 0 aliphatic carbocycles. The van der Waals surface area contributed by atoms with Crippen molar-refractivity contribution in [3.8, 4) is 0 Å². The van der Waals surface area contributed by atoms with E-state index in [4.69, 9.17) is 4.42 Å². The fourth-order valence-electron chi connectivity index (χ4n) is 3.78. The van der Waals surface area contributed by atoms with E-state index < -0.39 is 10.5 Å². The SMILES string of the molecule is O=C(Nc1ccc(Nc2cc(=O)oc3ccc([N+](=O)[O-])cc23)cc1)c1cccc2ccccc12. The van der Waals surface area contributed by atoms with Gasteiger partial charge in [-0.15, -0.1) is 0 Å². The van der Waals surface area contributed by atoms with Gasteiger partial charge >= 0.3 is 5.63 Å². The molecular weight excluding hydrogens is 434 g/mol. The van der Waals surface area contributed by atoms with Crippen molar-refractivity contribution in [3.63, 3.8) is 0 Å². The number of nitrogens with zero attached hydrogens (tertiary/aromatic N) is 1. The lowest BCUT2D eigenvalue weighted by Gasteiger charge is -2.11. The van der Waals surface area contributed by atoms with Gasteiger partial charge in [0.15, 0.2) is 0 Å². The minimum absolute atomic E-state index is 0.115. The monoisotopic (exact) mass is 451 g/mol. The maximum absolute atomic E-state index is 12.8. The molecule has 0 atom stereocenters. The highest BCUT2D eigenvalue weighted by Gasteiger charge is 2.13. The highest BCUT2D eigenvalue weighted by atomic mass is 16.6. The van der Waals surface area contributed by atoms with Gasteiger partial charge in [0.2, 0.25) is 0 Å². The number of nitro groups is 1. The van der Waals surface area contributed by atoms with Gasteiger partial charge in [-0.2, -0.15) is 0 Å². The Morgan fingerprint density at radius 1 is 0.824 bits per heavy atom. The van der Waals surface area contributed by atoms with Gasteiger partial charge in [-0.25, -0.2) is 4.79 Å². The van der Waals surface area contributed by atoms with Crippen molar-refractivity contribution < 1.29 is 14.1 Å². The van der Waals surface area contributed by atoms with Gasteiger partial charge < -0.3 is 15.1 Å². The number of hydrogen-bond donors (Lipinski definition) is 2. The zero-order valence-electron chi connectivity index (χ0n) is 17.6. The van der Waals surface area contributed by atoms with Gasteiger partial charge in [0.05, 0.1) is 10.6 Å². The second kappa shape index (κ2) is 8.51. The van der Waals surface area contributed by atoms with Gasteiger partial charge in [0.1, 0.15) is 5.58 Å². The second-order valence-corrected chi connectivity index (χ2v) is 7.60. The van der Waals surface area contributed by atoms with E-state index in [1.165, 1.54) is 24.3 Å². The van der Waals surface area contributed by atoms with Gasteiger partial charge in [0, 0.05) is 40.5 Å². The molecular formula is C26H17N3O5. The topological polar surface area (TPSA) is 114 Å². The molecule has 0 saturated heterocycles. The first kappa shape index (κ1) is 20.9. The Morgan fingerprint density at radius 3 is 2.35 bits per heavy atom. The largest absolute Gasteiger partial charge is 0.423 e. The molecule has 0 aliphatic heterocycles. The Labute approximate surface area is 192 Å². The Morgan fingerprint density at radius 2 is 1.56 bits per heavy atom. The first-order valence-electron chi connectivity index (χ1n) is 10.4. The summed E-state index contributed by atoms with van der Waals surface area (Å²) in [5.41, 5.74) is 1.71. The van der Waals surface area contributed by atoms with Crippen LogP contribution in [0.2, 0.25) is 0 Å². The fraction of sp³-hybridized carbons (Fsp3) is 0. The number of nitrogens with one attached hydrogen (secondary N) is 2. The Bertz CT molecular complexity index is 1620. The summed E-state index contributed by atoms with van der Waals surface area (Å²) < 4.78 is 5.14. The van der Waals surface area contributed by atoms with E-state index in [2.05, 4.69) is 10.6 Å². The molecule has 2 N–H and O–H groups in total. The highest BCUT2D eigenvalue weighted by molar-refractivity contribution is 6.13. The van der Waals surface area contributed by atoms with Crippen LogP contribution in [0.4, 0.5) is 22.7 Å². The minimum atomic E-state index is -0.581. The third-order valence-corrected chi connectivity index (χ3v) is 5.39. The van der Waals surface area contributed by atoms with Crippen molar-refractivity contribution in [1.29, 1.82) is 0 Å². The number of carbonyl (C=O) groups excluding carboxylic acids is 1. The molecule has 0 fully saturated rings. The predicted octanol–water partition coefficient (Wildman–Crippen LogP) is 5.85. The first-order chi connectivity index (χ1) is 16.5. The van der Waals surface area contributed by atoms with Crippen molar-refractivity contribution in [2.45, 2.75) is 0 Å². The van der Waals surface area contributed by atoms with Crippen LogP contribution in [0, 0.1) is 10.1 Å². The van der Waals surface area contributed by atoms with Crippen LogP contribution < -0.4 is 16.3 Å². The molecule has 0 aliphatic rings. The molecule has 166 valence electrons. The number of carbonyl (C=O) groups is 1. The molecule has 0 spiro atoms. The number of non-ortho nitro benzene ring substituents is 1. The summed E-state index contributed by atoms with van der Waals surface area (Å²) >= 11 is 0. The first-order valence-corrected chi connectivity index (χ1v) is 10.4. The number of benzene rings is 4. The average Bonchev–Trinajstić information content (AvgIpc) is 2.84. The zero-order valence-corrected chi connectivity index (χ0v) is 17.6. The Hall–Kier alpha value is -4.98. The Kier molecular flexibility index (Phi) is 5.23. The molecule has 5 rings (SSSR count). The van der Waals surface area contributed by atoms with Crippen LogP contribution >= 0.6 is 0 Å². The summed E-state index contributed by atoms with van der Waals surface area (Å²) in [6.07, 6.45) is 0. The lowest BCUT2D eigenvalue weighted by molar-refractivity contribution is -0.384. The third kappa shape index (κ3) is 4.07. The maximum Gasteiger partial charge on any atom is 0.338 e. The van der Waals surface area contributed by atoms with Gasteiger partial charge in [-0.3, -0.25) is 14.9 Å². The molecule has 0 unspecified atom stereocenters. The van der Waals surface area contributed by atoms with Crippen molar-refractivity contribution in [2.24, 2.45) is 0 Å². The lowest BCUT2D eigenvalue weighted by atomic mass is 10.0. The second-order valence-electron chi connectivity index (χ2n) is 7.60. The molecule has 1 amide bonds. The van der Waals surface area contributed by atoms with Crippen molar-refractivity contribution in [2.75, 3.05) is 10.6 Å². The number of fused-ring (bicyclic) bond motifs is 2. The van der Waals surface area contributed by atoms with E-state index in [1.807, 2.05) is 36.4 Å². The molecule has 0 radical (unpaired) electrons. The van der Waals surface area contributed by atoms with Crippen molar-refractivity contribution in [1.82, 2.24) is 0 Å². The van der Waals surface area contributed by atoms with E-state index in [1.54, 1.807) is 30.3 Å². The van der Waals surface area contributed by atoms with Crippen LogP contribution in [0.15, 0.2) is 100 Å². The average molecular weight is 451 g/mol. The van der Waals surface area contributed by atoms with Crippen molar-refractivity contribution >= 4 is 50.4 Å². The van der Waals surface area contributed by atoms with E-state index >= 15 is 0 Å². The van der Waals surface area contributed by atoms with E-state index in [9.17, 15) is 19.7 Å². The van der Waals surface area contributed by atoms with Crippen LogP contribution in [0.5, 0.6) is 0 Å². The number of rotatable bonds is 5. The summed E-state index contributed by atoms with van der Waals surface area (Å²) in [7, 11) is 0. The van der Waals surface area contributed by atoms with Gasteiger partial charge in [-0.1, -0.05) is 36.4 Å². The third-order valence-electron chi connectivity index (χ3n) is 5.39. The minimum Gasteiger partial charge on any atom is -0.423 e. The summed E-state index contributed by atoms with van der Waals surface area (Å²) in [5, 5.41) is 19.4. The molecule has 0 bridgehead atoms. The van der Waals surface area contributed by atoms with E-state index in [0.717, 1.165) is 10.8 Å². The van der Waals surface area contributed by atoms with Crippen LogP contribution in [-0.4, -0.2) is 10.8 Å². The molecule has 34 heavy (non-hydrogen) atoms. The van der Waals surface area contributed by atoms with E-state index in [-0.39, 0.29) is 17.2 Å². The number of anilines is 3. The molecule has 8 heteroatoms. The number of amides is 1. The molecule has 8 nitrogen and oxygen atoms in total. The summed E-state index contributed by atoms with van der Waals surface area (Å²) in [5.74, 6) is -0.225. The lowest BCUT2D eigenvalue weighted by Crippen LogP contribution is -2.12. The molecule has 5 aromatic rings. The summed E-state index contributed by atoms with van der Waals surface area (Å²) in [4.78, 5) is 35.4. The summed E-state index contributed by atoms with van der Waals surface area (Å²) in [6, 6.07) is 25.4. The van der Waals surface area contributed by atoms with Crippen LogP contribution in [0.1, 0.15) is 10.4 Å². The highest BCUT2D eigenvalue weighted by Crippen LogP contribution is 2.29. The number of nitro benzene ring substituents is 1. The maximum atomic E-state index is 12.8. The predicted molar refractivity (Wildman–Crippen MR) is 131 cm³/mol. The zero-order chi connectivity index (χ0) is 23.7. The van der Waals surface area contributed by atoms with Gasteiger partial charge in [0.25, 0.3) is 11.6 Å². The van der Waals surface area contributed by atoms with Crippen molar-refractivity contribution in [3.05, 3.63) is 117 Å². The smallest absolute Gasteiger partial charge is 0.338 e. The fourth-order valence-corrected chi connectivity index (χ4v) is 3.78. The molecule has 1 aromatic heterocycles. The van der Waals surface area contributed by atoms with Crippen LogP contribution in [0.3, 0.4) is 0 Å². The number of hydrogen-bond acceptors (Lipinski definition) is 6. The van der Waals surface area contributed by atoms with Crippen LogP contribution in [-0.2, 0) is 0 Å². The Balaban J connectivity index is 1.39. The quantitative estimate of drug-likeness (QED) is 0.197. The van der Waals surface area contributed by atoms with Gasteiger partial charge in [-0.05, 0) is 47.2 Å². The standard InChI is InChI=1S/C26H17N3O5/c30-25-15-23(22-14-19(29(32)33)12-13-24(22)34-25)27-17-8-10-18(11-9-17)28-26(31)21-7-3-5-16-4-1-2-6-20(16)21/h1-15,27H,(H,28,31). The summed E-state index contributed by atoms with van der Waals surface area (Å²) in [6.45, 7) is 0. The van der Waals surface area contributed by atoms with E-state index in [0.29, 0.717) is 28.0 Å². The molecule has 4 aromatic carbocycles. The molecule has 0 saturated carbocycles.